The first kappa shape index (κ1) is 17.4. The number of methoxy groups -OCH3 is 2. The van der Waals surface area contributed by atoms with Crippen LogP contribution in [0.5, 0.6) is 11.5 Å². The van der Waals surface area contributed by atoms with E-state index in [1.165, 1.54) is 14.2 Å². The molecule has 140 valence electrons. The van der Waals surface area contributed by atoms with Crippen molar-refractivity contribution in [1.82, 2.24) is 15.0 Å². The van der Waals surface area contributed by atoms with Crippen LogP contribution in [0, 0.1) is 11.3 Å². The smallest absolute Gasteiger partial charge is 0.261 e. The molecule has 2 aromatic carbocycles. The van der Waals surface area contributed by atoms with Crippen molar-refractivity contribution < 1.29 is 9.47 Å². The molecule has 0 saturated heterocycles. The summed E-state index contributed by atoms with van der Waals surface area (Å²) in [5.74, 6) is 1.42. The molecule has 4 aromatic rings. The van der Waals surface area contributed by atoms with Gasteiger partial charge in [0.1, 0.15) is 17.9 Å². The Kier molecular flexibility index (Phi) is 4.33. The molecule has 0 spiro atoms. The molecule has 0 unspecified atom stereocenters. The minimum atomic E-state index is -0.334. The monoisotopic (exact) mass is 375 g/mol. The number of fused-ring (bicyclic) bond motifs is 2. The lowest BCUT2D eigenvalue weighted by atomic mass is 10.1. The van der Waals surface area contributed by atoms with Gasteiger partial charge < -0.3 is 24.8 Å². The van der Waals surface area contributed by atoms with E-state index in [-0.39, 0.29) is 12.1 Å². The number of rotatable bonds is 5. The van der Waals surface area contributed by atoms with Gasteiger partial charge in [-0.1, -0.05) is 12.1 Å². The molecule has 4 rings (SSSR count). The standard InChI is InChI=1S/C20H17N5O3/c1-27-15-9-11-14(10-16(15)28-2)25-20(26)17(18(11)22-8-7-21)19-23-12-5-3-4-6-13(12)24-19/h3-6,9-10H,8H2,1-2H3,(H,23,24)(H2,22,25,26). The average Bonchev–Trinajstić information content (AvgIpc) is 3.14. The number of nitrogens with one attached hydrogen (secondary N) is 3. The molecular formula is C20H17N5O3. The molecule has 3 N–H and O–H groups in total. The quantitative estimate of drug-likeness (QED) is 0.462. The van der Waals surface area contributed by atoms with Gasteiger partial charge in [0.15, 0.2) is 11.5 Å². The van der Waals surface area contributed by atoms with Crippen molar-refractivity contribution in [1.29, 1.82) is 5.26 Å². The molecule has 28 heavy (non-hydrogen) atoms. The van der Waals surface area contributed by atoms with Crippen LogP contribution in [-0.4, -0.2) is 35.7 Å². The number of hydrogen-bond acceptors (Lipinski definition) is 6. The summed E-state index contributed by atoms with van der Waals surface area (Å²) in [5.41, 5.74) is 2.61. The number of nitrogens with zero attached hydrogens (tertiary/aromatic N) is 2. The van der Waals surface area contributed by atoms with Gasteiger partial charge in [-0.3, -0.25) is 4.79 Å². The Bertz CT molecular complexity index is 1250. The highest BCUT2D eigenvalue weighted by Gasteiger charge is 2.19. The van der Waals surface area contributed by atoms with E-state index in [0.29, 0.717) is 39.5 Å². The van der Waals surface area contributed by atoms with E-state index >= 15 is 0 Å². The van der Waals surface area contributed by atoms with E-state index in [4.69, 9.17) is 14.7 Å². The zero-order chi connectivity index (χ0) is 19.7. The number of para-hydroxylation sites is 2. The minimum Gasteiger partial charge on any atom is -0.493 e. The van der Waals surface area contributed by atoms with E-state index in [9.17, 15) is 4.79 Å². The fourth-order valence-electron chi connectivity index (χ4n) is 3.23. The highest BCUT2D eigenvalue weighted by atomic mass is 16.5. The molecule has 0 saturated carbocycles. The molecule has 0 aliphatic rings. The first-order chi connectivity index (χ1) is 13.7. The minimum absolute atomic E-state index is 0.0279. The van der Waals surface area contributed by atoms with Gasteiger partial charge in [0.05, 0.1) is 42.5 Å². The Balaban J connectivity index is 2.05. The maximum atomic E-state index is 12.9. The number of anilines is 1. The lowest BCUT2D eigenvalue weighted by Gasteiger charge is -2.14. The van der Waals surface area contributed by atoms with Crippen molar-refractivity contribution in [2.45, 2.75) is 0 Å². The molecule has 0 fully saturated rings. The Morgan fingerprint density at radius 1 is 1.11 bits per heavy atom. The molecule has 8 heteroatoms. The van der Waals surface area contributed by atoms with Crippen molar-refractivity contribution in [3.63, 3.8) is 0 Å². The van der Waals surface area contributed by atoms with Gasteiger partial charge >= 0.3 is 0 Å². The molecule has 2 heterocycles. The summed E-state index contributed by atoms with van der Waals surface area (Å²) in [6.07, 6.45) is 0. The fourth-order valence-corrected chi connectivity index (χ4v) is 3.23. The van der Waals surface area contributed by atoms with Gasteiger partial charge in [-0.15, -0.1) is 0 Å². The predicted octanol–water partition coefficient (Wildman–Crippen LogP) is 3.02. The number of hydrogen-bond donors (Lipinski definition) is 3. The molecular weight excluding hydrogens is 358 g/mol. The predicted molar refractivity (Wildman–Crippen MR) is 107 cm³/mol. The van der Waals surface area contributed by atoms with E-state index in [0.717, 1.165) is 11.0 Å². The summed E-state index contributed by atoms with van der Waals surface area (Å²) in [5, 5.41) is 12.8. The molecule has 0 aliphatic carbocycles. The second-order valence-electron chi connectivity index (χ2n) is 6.07. The number of nitriles is 1. The van der Waals surface area contributed by atoms with Crippen LogP contribution in [0.2, 0.25) is 0 Å². The molecule has 0 amide bonds. The third-order valence-corrected chi connectivity index (χ3v) is 4.49. The molecule has 0 aliphatic heterocycles. The van der Waals surface area contributed by atoms with Crippen molar-refractivity contribution in [2.75, 3.05) is 26.1 Å². The number of ether oxygens (including phenoxy) is 2. The van der Waals surface area contributed by atoms with Gasteiger partial charge in [0.25, 0.3) is 5.56 Å². The summed E-state index contributed by atoms with van der Waals surface area (Å²) in [6, 6.07) is 13.0. The van der Waals surface area contributed by atoms with Crippen LogP contribution in [0.1, 0.15) is 0 Å². The van der Waals surface area contributed by atoms with Gasteiger partial charge in [0.2, 0.25) is 0 Å². The summed E-state index contributed by atoms with van der Waals surface area (Å²) in [7, 11) is 3.07. The zero-order valence-corrected chi connectivity index (χ0v) is 15.3. The lowest BCUT2D eigenvalue weighted by Crippen LogP contribution is -2.15. The Hall–Kier alpha value is -3.99. The molecule has 2 aromatic heterocycles. The highest BCUT2D eigenvalue weighted by molar-refractivity contribution is 6.00. The zero-order valence-electron chi connectivity index (χ0n) is 15.3. The SMILES string of the molecule is COc1cc2[nH]c(=O)c(-c3nc4ccccc4[nH]3)c(NCC#N)c2cc1OC. The van der Waals surface area contributed by atoms with Crippen LogP contribution in [0.3, 0.4) is 0 Å². The van der Waals surface area contributed by atoms with Gasteiger partial charge in [-0.2, -0.15) is 5.26 Å². The summed E-state index contributed by atoms with van der Waals surface area (Å²) >= 11 is 0. The fraction of sp³-hybridized carbons (Fsp3) is 0.150. The molecule has 8 nitrogen and oxygen atoms in total. The Morgan fingerprint density at radius 3 is 2.57 bits per heavy atom. The number of aromatic nitrogens is 3. The van der Waals surface area contributed by atoms with E-state index in [1.54, 1.807) is 12.1 Å². The van der Waals surface area contributed by atoms with Crippen LogP contribution >= 0.6 is 0 Å². The summed E-state index contributed by atoms with van der Waals surface area (Å²) in [6.45, 7) is 0.0279. The maximum absolute atomic E-state index is 12.9. The number of imidazole rings is 1. The largest absolute Gasteiger partial charge is 0.493 e. The van der Waals surface area contributed by atoms with Crippen molar-refractivity contribution in [3.8, 4) is 29.0 Å². The van der Waals surface area contributed by atoms with Crippen LogP contribution in [0.25, 0.3) is 33.3 Å². The first-order valence-electron chi connectivity index (χ1n) is 8.54. The first-order valence-corrected chi connectivity index (χ1v) is 8.54. The van der Waals surface area contributed by atoms with Gasteiger partial charge in [0, 0.05) is 11.5 Å². The van der Waals surface area contributed by atoms with Crippen molar-refractivity contribution >= 4 is 27.6 Å². The molecule has 0 atom stereocenters. The normalized spacial score (nSPS) is 10.8. The maximum Gasteiger partial charge on any atom is 0.261 e. The molecule has 0 radical (unpaired) electrons. The number of H-pyrrole nitrogens is 2. The summed E-state index contributed by atoms with van der Waals surface area (Å²) in [4.78, 5) is 23.5. The van der Waals surface area contributed by atoms with Gasteiger partial charge in [-0.05, 0) is 18.2 Å². The van der Waals surface area contributed by atoms with Crippen LogP contribution in [0.4, 0.5) is 5.69 Å². The Labute approximate surface area is 159 Å². The lowest BCUT2D eigenvalue weighted by molar-refractivity contribution is 0.356. The summed E-state index contributed by atoms with van der Waals surface area (Å²) < 4.78 is 10.7. The van der Waals surface area contributed by atoms with Crippen LogP contribution < -0.4 is 20.3 Å². The molecule has 0 bridgehead atoms. The second-order valence-corrected chi connectivity index (χ2v) is 6.07. The van der Waals surface area contributed by atoms with Gasteiger partial charge in [-0.25, -0.2) is 4.98 Å². The Morgan fingerprint density at radius 2 is 1.86 bits per heavy atom. The average molecular weight is 375 g/mol. The number of aromatic amines is 2. The second kappa shape index (κ2) is 6.96. The van der Waals surface area contributed by atoms with Crippen molar-refractivity contribution in [3.05, 3.63) is 46.8 Å². The third-order valence-electron chi connectivity index (χ3n) is 4.49. The van der Waals surface area contributed by atoms with Crippen LogP contribution in [0.15, 0.2) is 41.2 Å². The van der Waals surface area contributed by atoms with Crippen LogP contribution in [-0.2, 0) is 0 Å². The topological polar surface area (TPSA) is 116 Å². The van der Waals surface area contributed by atoms with E-state index < -0.39 is 0 Å². The third kappa shape index (κ3) is 2.79. The van der Waals surface area contributed by atoms with E-state index in [1.807, 2.05) is 30.3 Å². The number of benzene rings is 2. The highest BCUT2D eigenvalue weighted by Crippen LogP contribution is 2.37. The number of pyridine rings is 1. The van der Waals surface area contributed by atoms with Crippen molar-refractivity contribution in [2.24, 2.45) is 0 Å². The van der Waals surface area contributed by atoms with E-state index in [2.05, 4.69) is 20.3 Å².